The number of Topliss-reactive ketones (excluding diaryl/α,β-unsaturated/α-hetero) is 1. The number of aromatic amines is 1. The minimum Gasteiger partial charge on any atom is -0.451 e. The van der Waals surface area contributed by atoms with Crippen molar-refractivity contribution in [3.8, 4) is 11.3 Å². The van der Waals surface area contributed by atoms with E-state index >= 15 is 0 Å². The number of rotatable bonds is 6. The van der Waals surface area contributed by atoms with Crippen molar-refractivity contribution in [1.82, 2.24) is 9.97 Å². The van der Waals surface area contributed by atoms with Gasteiger partial charge in [-0.1, -0.05) is 29.8 Å². The molecule has 0 saturated carbocycles. The van der Waals surface area contributed by atoms with Gasteiger partial charge in [0.15, 0.2) is 17.5 Å². The van der Waals surface area contributed by atoms with Gasteiger partial charge in [0, 0.05) is 22.2 Å². The predicted molar refractivity (Wildman–Crippen MR) is 111 cm³/mol. The minimum absolute atomic E-state index is 0.138. The van der Waals surface area contributed by atoms with E-state index in [0.717, 1.165) is 16.8 Å². The molecule has 8 heteroatoms. The average Bonchev–Trinajstić information content (AvgIpc) is 3.24. The van der Waals surface area contributed by atoms with Crippen molar-refractivity contribution in [2.24, 2.45) is 0 Å². The first-order valence-electron chi connectivity index (χ1n) is 8.96. The zero-order valence-electron chi connectivity index (χ0n) is 16.6. The Morgan fingerprint density at radius 3 is 2.45 bits per heavy atom. The van der Waals surface area contributed by atoms with E-state index in [1.807, 2.05) is 36.6 Å². The number of aromatic nitrogens is 2. The summed E-state index contributed by atoms with van der Waals surface area (Å²) >= 11 is 1.29. The number of amides is 1. The molecule has 0 aliphatic carbocycles. The van der Waals surface area contributed by atoms with Crippen molar-refractivity contribution in [1.29, 1.82) is 0 Å². The van der Waals surface area contributed by atoms with Crippen LogP contribution < -0.4 is 5.32 Å². The molecular formula is C21H21N3O4S. The maximum absolute atomic E-state index is 12.3. The summed E-state index contributed by atoms with van der Waals surface area (Å²) in [5, 5.41) is 4.90. The number of carbonyl (C=O) groups excluding carboxylic acids is 3. The average molecular weight is 411 g/mol. The van der Waals surface area contributed by atoms with Crippen LogP contribution in [0.15, 0.2) is 29.6 Å². The molecule has 0 fully saturated rings. The second-order valence-electron chi connectivity index (χ2n) is 6.71. The Morgan fingerprint density at radius 1 is 1.14 bits per heavy atom. The molecule has 0 bridgehead atoms. The van der Waals surface area contributed by atoms with Crippen molar-refractivity contribution in [2.45, 2.75) is 27.7 Å². The van der Waals surface area contributed by atoms with E-state index in [1.165, 1.54) is 18.3 Å². The molecule has 0 saturated heterocycles. The van der Waals surface area contributed by atoms with Crippen LogP contribution in [0.1, 0.15) is 44.6 Å². The molecule has 0 unspecified atom stereocenters. The molecule has 0 atom stereocenters. The van der Waals surface area contributed by atoms with Gasteiger partial charge in [0.25, 0.3) is 5.91 Å². The smallest absolute Gasteiger partial charge is 0.355 e. The Hall–Kier alpha value is -3.26. The molecule has 0 aliphatic heterocycles. The molecule has 1 amide bonds. The Morgan fingerprint density at radius 2 is 1.83 bits per heavy atom. The standard InChI is InChI=1S/C21H21N3O4S/c1-11-5-7-15(8-6-11)16-10-29-21(23-16)24-17(26)9-28-20(27)19-12(2)18(14(4)25)13(3)22-19/h5-8,10,22H,9H2,1-4H3,(H,23,24,26). The maximum atomic E-state index is 12.3. The number of nitrogens with one attached hydrogen (secondary N) is 2. The van der Waals surface area contributed by atoms with Gasteiger partial charge in [-0.05, 0) is 33.3 Å². The van der Waals surface area contributed by atoms with E-state index in [4.69, 9.17) is 4.74 Å². The third-order valence-electron chi connectivity index (χ3n) is 4.43. The number of ether oxygens (including phenoxy) is 1. The largest absolute Gasteiger partial charge is 0.451 e. The van der Waals surface area contributed by atoms with Crippen LogP contribution in [-0.2, 0) is 9.53 Å². The van der Waals surface area contributed by atoms with Gasteiger partial charge in [0.05, 0.1) is 5.69 Å². The molecule has 150 valence electrons. The third-order valence-corrected chi connectivity index (χ3v) is 5.18. The van der Waals surface area contributed by atoms with Crippen LogP contribution in [0.4, 0.5) is 5.13 Å². The number of nitrogens with zero attached hydrogens (tertiary/aromatic N) is 1. The summed E-state index contributed by atoms with van der Waals surface area (Å²) in [4.78, 5) is 43.3. The van der Waals surface area contributed by atoms with Crippen LogP contribution in [0.25, 0.3) is 11.3 Å². The Balaban J connectivity index is 1.59. The van der Waals surface area contributed by atoms with Crippen molar-refractivity contribution in [3.05, 3.63) is 57.7 Å². The lowest BCUT2D eigenvalue weighted by Gasteiger charge is -2.04. The van der Waals surface area contributed by atoms with E-state index in [2.05, 4.69) is 15.3 Å². The summed E-state index contributed by atoms with van der Waals surface area (Å²) in [7, 11) is 0. The number of benzene rings is 1. The molecule has 2 aromatic heterocycles. The van der Waals surface area contributed by atoms with Crippen molar-refractivity contribution in [2.75, 3.05) is 11.9 Å². The summed E-state index contributed by atoms with van der Waals surface area (Å²) < 4.78 is 5.08. The first kappa shape index (κ1) is 20.5. The van der Waals surface area contributed by atoms with Crippen molar-refractivity contribution in [3.63, 3.8) is 0 Å². The lowest BCUT2D eigenvalue weighted by Crippen LogP contribution is -2.21. The van der Waals surface area contributed by atoms with Crippen LogP contribution in [0.3, 0.4) is 0 Å². The molecule has 3 aromatic rings. The monoisotopic (exact) mass is 411 g/mol. The highest BCUT2D eigenvalue weighted by molar-refractivity contribution is 7.14. The van der Waals surface area contributed by atoms with E-state index < -0.39 is 18.5 Å². The second-order valence-corrected chi connectivity index (χ2v) is 7.57. The summed E-state index contributed by atoms with van der Waals surface area (Å²) in [6, 6.07) is 7.92. The Bertz CT molecular complexity index is 1080. The van der Waals surface area contributed by atoms with Gasteiger partial charge in [-0.25, -0.2) is 9.78 Å². The number of carbonyl (C=O) groups is 3. The number of hydrogen-bond acceptors (Lipinski definition) is 6. The van der Waals surface area contributed by atoms with Gasteiger partial charge in [-0.3, -0.25) is 14.9 Å². The topological polar surface area (TPSA) is 101 Å². The van der Waals surface area contributed by atoms with Crippen molar-refractivity contribution < 1.29 is 19.1 Å². The molecule has 7 nitrogen and oxygen atoms in total. The normalized spacial score (nSPS) is 10.6. The van der Waals surface area contributed by atoms with E-state index in [9.17, 15) is 14.4 Å². The quantitative estimate of drug-likeness (QED) is 0.470. The number of thiazole rings is 1. The van der Waals surface area contributed by atoms with E-state index in [-0.39, 0.29) is 11.5 Å². The van der Waals surface area contributed by atoms with Gasteiger partial charge in [0.1, 0.15) is 5.69 Å². The highest BCUT2D eigenvalue weighted by Crippen LogP contribution is 2.25. The molecule has 2 heterocycles. The summed E-state index contributed by atoms with van der Waals surface area (Å²) in [6.45, 7) is 6.37. The molecule has 1 aromatic carbocycles. The molecule has 0 radical (unpaired) electrons. The van der Waals surface area contributed by atoms with Crippen molar-refractivity contribution >= 4 is 34.1 Å². The number of anilines is 1. The van der Waals surface area contributed by atoms with E-state index in [1.54, 1.807) is 13.8 Å². The third kappa shape index (κ3) is 4.60. The van der Waals surface area contributed by atoms with Crippen LogP contribution in [0, 0.1) is 20.8 Å². The van der Waals surface area contributed by atoms with Gasteiger partial charge in [-0.2, -0.15) is 0 Å². The summed E-state index contributed by atoms with van der Waals surface area (Å²) in [5.74, 6) is -1.31. The van der Waals surface area contributed by atoms with Gasteiger partial charge in [0.2, 0.25) is 0 Å². The van der Waals surface area contributed by atoms with E-state index in [0.29, 0.717) is 22.0 Å². The summed E-state index contributed by atoms with van der Waals surface area (Å²) in [6.07, 6.45) is 0. The van der Waals surface area contributed by atoms with Crippen LogP contribution in [-0.4, -0.2) is 34.2 Å². The lowest BCUT2D eigenvalue weighted by atomic mass is 10.1. The number of esters is 1. The highest BCUT2D eigenvalue weighted by atomic mass is 32.1. The second kappa shape index (κ2) is 8.40. The highest BCUT2D eigenvalue weighted by Gasteiger charge is 2.21. The molecule has 3 rings (SSSR count). The predicted octanol–water partition coefficient (Wildman–Crippen LogP) is 4.06. The summed E-state index contributed by atoms with van der Waals surface area (Å²) in [5.41, 5.74) is 4.63. The first-order chi connectivity index (χ1) is 13.8. The molecule has 29 heavy (non-hydrogen) atoms. The Kier molecular flexibility index (Phi) is 5.93. The number of aryl methyl sites for hydroxylation is 2. The van der Waals surface area contributed by atoms with Crippen LogP contribution in [0.2, 0.25) is 0 Å². The fourth-order valence-corrected chi connectivity index (χ4v) is 3.76. The molecule has 2 N–H and O–H groups in total. The van der Waals surface area contributed by atoms with Crippen LogP contribution in [0.5, 0.6) is 0 Å². The van der Waals surface area contributed by atoms with Gasteiger partial charge in [-0.15, -0.1) is 11.3 Å². The maximum Gasteiger partial charge on any atom is 0.355 e. The minimum atomic E-state index is -0.687. The SMILES string of the molecule is CC(=O)c1c(C)[nH]c(C(=O)OCC(=O)Nc2nc(-c3ccc(C)cc3)cs2)c1C. The molecular weight excluding hydrogens is 390 g/mol. The fourth-order valence-electron chi connectivity index (χ4n) is 3.03. The Labute approximate surface area is 172 Å². The number of ketones is 1. The lowest BCUT2D eigenvalue weighted by molar-refractivity contribution is -0.119. The zero-order valence-corrected chi connectivity index (χ0v) is 17.4. The first-order valence-corrected chi connectivity index (χ1v) is 9.84. The fraction of sp³-hybridized carbons (Fsp3) is 0.238. The molecule has 0 aliphatic rings. The zero-order chi connectivity index (χ0) is 21.1. The number of hydrogen-bond donors (Lipinski definition) is 2. The number of H-pyrrole nitrogens is 1. The molecule has 0 spiro atoms. The van der Waals surface area contributed by atoms with Gasteiger partial charge < -0.3 is 9.72 Å². The van der Waals surface area contributed by atoms with Gasteiger partial charge >= 0.3 is 5.97 Å². The van der Waals surface area contributed by atoms with Crippen LogP contribution >= 0.6 is 11.3 Å².